The zero-order valence-corrected chi connectivity index (χ0v) is 12.6. The van der Waals surface area contributed by atoms with E-state index < -0.39 is 0 Å². The number of nitrogens with one attached hydrogen (secondary N) is 1. The van der Waals surface area contributed by atoms with Gasteiger partial charge < -0.3 is 5.32 Å². The number of amides is 1. The van der Waals surface area contributed by atoms with Crippen molar-refractivity contribution >= 4 is 5.91 Å². The van der Waals surface area contributed by atoms with Gasteiger partial charge in [0.2, 0.25) is 0 Å². The average molecular weight is 284 g/mol. The lowest BCUT2D eigenvalue weighted by Gasteiger charge is -2.15. The molecule has 0 aromatic carbocycles. The van der Waals surface area contributed by atoms with Crippen molar-refractivity contribution in [1.82, 2.24) is 20.3 Å². The van der Waals surface area contributed by atoms with Crippen molar-refractivity contribution < 1.29 is 4.79 Å². The SMILES string of the molecule is CCCc1ncncc1C(=O)N[C@@H](C)c1cccc(C)n1. The highest BCUT2D eigenvalue weighted by Crippen LogP contribution is 2.12. The Hall–Kier alpha value is -2.30. The second-order valence-electron chi connectivity index (χ2n) is 5.03. The van der Waals surface area contributed by atoms with Crippen molar-refractivity contribution in [2.75, 3.05) is 0 Å². The quantitative estimate of drug-likeness (QED) is 0.916. The Morgan fingerprint density at radius 1 is 1.38 bits per heavy atom. The van der Waals surface area contributed by atoms with E-state index >= 15 is 0 Å². The molecule has 2 aromatic rings. The third kappa shape index (κ3) is 3.84. The molecule has 1 amide bonds. The predicted octanol–water partition coefficient (Wildman–Crippen LogP) is 2.62. The maximum atomic E-state index is 12.4. The van der Waals surface area contributed by atoms with E-state index in [4.69, 9.17) is 0 Å². The van der Waals surface area contributed by atoms with Crippen LogP contribution in [0.15, 0.2) is 30.7 Å². The predicted molar refractivity (Wildman–Crippen MR) is 80.9 cm³/mol. The molecule has 110 valence electrons. The molecule has 5 heteroatoms. The molecular formula is C16H20N4O. The first kappa shape index (κ1) is 15.1. The highest BCUT2D eigenvalue weighted by molar-refractivity contribution is 5.95. The number of aromatic nitrogens is 3. The van der Waals surface area contributed by atoms with Crippen LogP contribution in [0.5, 0.6) is 0 Å². The molecule has 5 nitrogen and oxygen atoms in total. The minimum atomic E-state index is -0.160. The number of aryl methyl sites for hydroxylation is 2. The molecule has 2 aromatic heterocycles. The lowest BCUT2D eigenvalue weighted by molar-refractivity contribution is 0.0937. The standard InChI is InChI=1S/C16H20N4O/c1-4-6-15-13(9-17-10-18-15)16(21)20-12(3)14-8-5-7-11(2)19-14/h5,7-10,12H,4,6H2,1-3H3,(H,20,21)/t12-/m0/s1. The normalized spacial score (nSPS) is 12.0. The fourth-order valence-corrected chi connectivity index (χ4v) is 2.13. The molecule has 0 radical (unpaired) electrons. The van der Waals surface area contributed by atoms with Crippen molar-refractivity contribution in [1.29, 1.82) is 0 Å². The fourth-order valence-electron chi connectivity index (χ4n) is 2.13. The van der Waals surface area contributed by atoms with Gasteiger partial charge in [-0.2, -0.15) is 0 Å². The van der Waals surface area contributed by atoms with Gasteiger partial charge in [0.05, 0.1) is 23.0 Å². The first-order valence-electron chi connectivity index (χ1n) is 7.15. The van der Waals surface area contributed by atoms with E-state index in [0.717, 1.165) is 29.9 Å². The van der Waals surface area contributed by atoms with Crippen LogP contribution in [0.1, 0.15) is 53.7 Å². The number of nitrogens with zero attached hydrogens (tertiary/aromatic N) is 3. The molecule has 0 saturated carbocycles. The van der Waals surface area contributed by atoms with E-state index in [2.05, 4.69) is 27.2 Å². The summed E-state index contributed by atoms with van der Waals surface area (Å²) in [5.41, 5.74) is 3.11. The lowest BCUT2D eigenvalue weighted by atomic mass is 10.1. The Labute approximate surface area is 124 Å². The summed E-state index contributed by atoms with van der Waals surface area (Å²) < 4.78 is 0. The second-order valence-corrected chi connectivity index (χ2v) is 5.03. The molecular weight excluding hydrogens is 264 g/mol. The van der Waals surface area contributed by atoms with Crippen LogP contribution in [0.2, 0.25) is 0 Å². The number of carbonyl (C=O) groups excluding carboxylic acids is 1. The molecule has 0 spiro atoms. The van der Waals surface area contributed by atoms with Gasteiger partial charge in [0.25, 0.3) is 5.91 Å². The highest BCUT2D eigenvalue weighted by Gasteiger charge is 2.16. The monoisotopic (exact) mass is 284 g/mol. The summed E-state index contributed by atoms with van der Waals surface area (Å²) >= 11 is 0. The van der Waals surface area contributed by atoms with Crippen molar-refractivity contribution in [3.63, 3.8) is 0 Å². The number of carbonyl (C=O) groups is 1. The van der Waals surface area contributed by atoms with Gasteiger partial charge in [0, 0.05) is 11.9 Å². The molecule has 0 aliphatic rings. The summed E-state index contributed by atoms with van der Waals surface area (Å²) in [6, 6.07) is 5.62. The van der Waals surface area contributed by atoms with Gasteiger partial charge >= 0.3 is 0 Å². The van der Waals surface area contributed by atoms with E-state index in [1.165, 1.54) is 6.33 Å². The second kappa shape index (κ2) is 6.92. The molecule has 21 heavy (non-hydrogen) atoms. The smallest absolute Gasteiger partial charge is 0.255 e. The number of pyridine rings is 1. The van der Waals surface area contributed by atoms with Gasteiger partial charge in [0.15, 0.2) is 0 Å². The Balaban J connectivity index is 2.14. The summed E-state index contributed by atoms with van der Waals surface area (Å²) in [4.78, 5) is 25.0. The third-order valence-corrected chi connectivity index (χ3v) is 3.23. The first-order chi connectivity index (χ1) is 10.1. The van der Waals surface area contributed by atoms with Crippen LogP contribution in [0, 0.1) is 6.92 Å². The van der Waals surface area contributed by atoms with Crippen LogP contribution in [-0.2, 0) is 6.42 Å². The van der Waals surface area contributed by atoms with Gasteiger partial charge in [-0.3, -0.25) is 9.78 Å². The van der Waals surface area contributed by atoms with E-state index in [1.807, 2.05) is 32.0 Å². The van der Waals surface area contributed by atoms with Gasteiger partial charge in [0.1, 0.15) is 6.33 Å². The molecule has 0 bridgehead atoms. The molecule has 0 fully saturated rings. The van der Waals surface area contributed by atoms with Crippen molar-refractivity contribution in [2.45, 2.75) is 39.7 Å². The van der Waals surface area contributed by atoms with Crippen LogP contribution in [0.3, 0.4) is 0 Å². The first-order valence-corrected chi connectivity index (χ1v) is 7.15. The Morgan fingerprint density at radius 2 is 2.19 bits per heavy atom. The highest BCUT2D eigenvalue weighted by atomic mass is 16.1. The molecule has 0 unspecified atom stereocenters. The van der Waals surface area contributed by atoms with Gasteiger partial charge in [-0.05, 0) is 32.4 Å². The van der Waals surface area contributed by atoms with Gasteiger partial charge in [-0.1, -0.05) is 19.4 Å². The van der Waals surface area contributed by atoms with Crippen molar-refractivity contribution in [3.05, 3.63) is 53.4 Å². The summed E-state index contributed by atoms with van der Waals surface area (Å²) in [6.45, 7) is 5.91. The minimum absolute atomic E-state index is 0.158. The summed E-state index contributed by atoms with van der Waals surface area (Å²) in [5.74, 6) is -0.158. The maximum Gasteiger partial charge on any atom is 0.255 e. The van der Waals surface area contributed by atoms with E-state index in [9.17, 15) is 4.79 Å². The van der Waals surface area contributed by atoms with Crippen LogP contribution in [0.25, 0.3) is 0 Å². The third-order valence-electron chi connectivity index (χ3n) is 3.23. The van der Waals surface area contributed by atoms with Crippen molar-refractivity contribution in [2.24, 2.45) is 0 Å². The summed E-state index contributed by atoms with van der Waals surface area (Å²) in [7, 11) is 0. The maximum absolute atomic E-state index is 12.4. The largest absolute Gasteiger partial charge is 0.344 e. The molecule has 0 saturated heterocycles. The number of hydrogen-bond donors (Lipinski definition) is 1. The van der Waals surface area contributed by atoms with E-state index in [0.29, 0.717) is 5.56 Å². The lowest BCUT2D eigenvalue weighted by Crippen LogP contribution is -2.28. The van der Waals surface area contributed by atoms with E-state index in [1.54, 1.807) is 6.20 Å². The Morgan fingerprint density at radius 3 is 2.90 bits per heavy atom. The number of hydrogen-bond acceptors (Lipinski definition) is 4. The van der Waals surface area contributed by atoms with Crippen LogP contribution >= 0.6 is 0 Å². The molecule has 2 rings (SSSR count). The summed E-state index contributed by atoms with van der Waals surface area (Å²) in [5, 5.41) is 2.96. The Kier molecular flexibility index (Phi) is 4.98. The minimum Gasteiger partial charge on any atom is -0.344 e. The molecule has 0 aliphatic carbocycles. The molecule has 1 atom stereocenters. The van der Waals surface area contributed by atoms with Crippen LogP contribution < -0.4 is 5.32 Å². The average Bonchev–Trinajstić information content (AvgIpc) is 2.48. The number of rotatable bonds is 5. The molecule has 2 heterocycles. The van der Waals surface area contributed by atoms with Crippen LogP contribution in [0.4, 0.5) is 0 Å². The molecule has 1 N–H and O–H groups in total. The zero-order valence-electron chi connectivity index (χ0n) is 12.6. The van der Waals surface area contributed by atoms with Gasteiger partial charge in [-0.15, -0.1) is 0 Å². The zero-order chi connectivity index (χ0) is 15.2. The van der Waals surface area contributed by atoms with Crippen molar-refractivity contribution in [3.8, 4) is 0 Å². The molecule has 0 aliphatic heterocycles. The van der Waals surface area contributed by atoms with Crippen LogP contribution in [-0.4, -0.2) is 20.9 Å². The Bertz CT molecular complexity index is 627. The van der Waals surface area contributed by atoms with Gasteiger partial charge in [-0.25, -0.2) is 9.97 Å². The fraction of sp³-hybridized carbons (Fsp3) is 0.375. The topological polar surface area (TPSA) is 67.8 Å². The van der Waals surface area contributed by atoms with E-state index in [-0.39, 0.29) is 11.9 Å². The summed E-state index contributed by atoms with van der Waals surface area (Å²) in [6.07, 6.45) is 4.76.